The van der Waals surface area contributed by atoms with Gasteiger partial charge in [0.15, 0.2) is 0 Å². The molecule has 7 nitrogen and oxygen atoms in total. The lowest BCUT2D eigenvalue weighted by atomic mass is 10.1. The number of carbonyl (C=O) groups excluding carboxylic acids is 1. The normalized spacial score (nSPS) is 16.1. The van der Waals surface area contributed by atoms with Gasteiger partial charge in [-0.1, -0.05) is 6.07 Å². The first-order valence-electron chi connectivity index (χ1n) is 8.85. The molecule has 1 saturated heterocycles. The maximum absolute atomic E-state index is 12.6. The molecule has 7 heteroatoms. The van der Waals surface area contributed by atoms with Crippen LogP contribution in [0.1, 0.15) is 34.3 Å². The summed E-state index contributed by atoms with van der Waals surface area (Å²) in [6.45, 7) is 4.75. The smallest absolute Gasteiger partial charge is 0.272 e. The van der Waals surface area contributed by atoms with Crippen molar-refractivity contribution in [3.8, 4) is 5.75 Å². The average molecular weight is 370 g/mol. The topological polar surface area (TPSA) is 90.7 Å². The van der Waals surface area contributed by atoms with Crippen LogP contribution < -0.4 is 10.1 Å². The summed E-state index contributed by atoms with van der Waals surface area (Å²) in [6, 6.07) is 9.84. The van der Waals surface area contributed by atoms with E-state index in [4.69, 9.17) is 9.47 Å². The first kappa shape index (κ1) is 18.8. The fourth-order valence-electron chi connectivity index (χ4n) is 3.01. The fourth-order valence-corrected chi connectivity index (χ4v) is 3.01. The Morgan fingerprint density at radius 3 is 2.78 bits per heavy atom. The minimum atomic E-state index is -0.464. The molecule has 3 rings (SSSR count). The molecule has 1 atom stereocenters. The van der Waals surface area contributed by atoms with Crippen molar-refractivity contribution in [1.29, 1.82) is 0 Å². The number of anilines is 1. The molecule has 0 aliphatic carbocycles. The lowest BCUT2D eigenvalue weighted by molar-refractivity contribution is -0.385. The Bertz CT molecular complexity index is 859. The van der Waals surface area contributed by atoms with Crippen molar-refractivity contribution in [1.82, 2.24) is 0 Å². The van der Waals surface area contributed by atoms with Crippen molar-refractivity contribution in [2.75, 3.05) is 18.5 Å². The molecule has 1 unspecified atom stereocenters. The fraction of sp³-hybridized carbons (Fsp3) is 0.350. The number of carbonyl (C=O) groups is 1. The van der Waals surface area contributed by atoms with Crippen LogP contribution in [0.25, 0.3) is 0 Å². The van der Waals surface area contributed by atoms with Gasteiger partial charge in [0.1, 0.15) is 12.4 Å². The Kier molecular flexibility index (Phi) is 5.71. The molecule has 27 heavy (non-hydrogen) atoms. The summed E-state index contributed by atoms with van der Waals surface area (Å²) in [5.41, 5.74) is 2.35. The highest BCUT2D eigenvalue weighted by molar-refractivity contribution is 6.05. The lowest BCUT2D eigenvalue weighted by Gasteiger charge is -2.16. The number of nitro groups is 1. The van der Waals surface area contributed by atoms with E-state index in [2.05, 4.69) is 5.32 Å². The molecule has 142 valence electrons. The van der Waals surface area contributed by atoms with Crippen molar-refractivity contribution >= 4 is 17.3 Å². The van der Waals surface area contributed by atoms with Gasteiger partial charge in [-0.2, -0.15) is 0 Å². The quantitative estimate of drug-likeness (QED) is 0.612. The van der Waals surface area contributed by atoms with E-state index >= 15 is 0 Å². The van der Waals surface area contributed by atoms with E-state index in [1.807, 2.05) is 19.1 Å². The van der Waals surface area contributed by atoms with E-state index in [0.29, 0.717) is 29.2 Å². The van der Waals surface area contributed by atoms with Gasteiger partial charge in [-0.15, -0.1) is 0 Å². The van der Waals surface area contributed by atoms with Crippen molar-refractivity contribution in [3.05, 3.63) is 63.2 Å². The Labute approximate surface area is 157 Å². The van der Waals surface area contributed by atoms with Crippen LogP contribution >= 0.6 is 0 Å². The molecule has 0 bridgehead atoms. The van der Waals surface area contributed by atoms with Gasteiger partial charge in [0.2, 0.25) is 0 Å². The van der Waals surface area contributed by atoms with E-state index in [-0.39, 0.29) is 17.7 Å². The van der Waals surface area contributed by atoms with Crippen molar-refractivity contribution in [3.63, 3.8) is 0 Å². The highest BCUT2D eigenvalue weighted by Gasteiger charge is 2.18. The van der Waals surface area contributed by atoms with Crippen LogP contribution in [0.2, 0.25) is 0 Å². The first-order valence-corrected chi connectivity index (χ1v) is 8.85. The molecule has 0 saturated carbocycles. The Morgan fingerprint density at radius 2 is 2.11 bits per heavy atom. The maximum Gasteiger partial charge on any atom is 0.272 e. The molecule has 2 aromatic rings. The van der Waals surface area contributed by atoms with Crippen LogP contribution in [-0.2, 0) is 4.74 Å². The summed E-state index contributed by atoms with van der Waals surface area (Å²) in [4.78, 5) is 23.0. The third-order valence-corrected chi connectivity index (χ3v) is 4.49. The van der Waals surface area contributed by atoms with Gasteiger partial charge in [0, 0.05) is 23.8 Å². The first-order chi connectivity index (χ1) is 12.9. The minimum absolute atomic E-state index is 0.0116. The summed E-state index contributed by atoms with van der Waals surface area (Å²) in [7, 11) is 0. The molecule has 1 fully saturated rings. The molecule has 2 aromatic carbocycles. The standard InChI is InChI=1S/C20H22N2O5/c1-13-5-7-17(19(10-13)27-12-16-4-3-9-26-16)21-20(23)15-6-8-18(22(24)25)14(2)11-15/h5-8,10-11,16H,3-4,9,12H2,1-2H3,(H,21,23). The number of rotatable bonds is 6. The third-order valence-electron chi connectivity index (χ3n) is 4.49. The van der Waals surface area contributed by atoms with Crippen molar-refractivity contribution < 1.29 is 19.2 Å². The van der Waals surface area contributed by atoms with E-state index in [9.17, 15) is 14.9 Å². The summed E-state index contributed by atoms with van der Waals surface area (Å²) in [5, 5.41) is 13.8. The third kappa shape index (κ3) is 4.62. The summed E-state index contributed by atoms with van der Waals surface area (Å²) < 4.78 is 11.5. The van der Waals surface area contributed by atoms with Crippen LogP contribution in [0.5, 0.6) is 5.75 Å². The van der Waals surface area contributed by atoms with Gasteiger partial charge in [0.05, 0.1) is 16.7 Å². The largest absolute Gasteiger partial charge is 0.489 e. The number of nitrogens with zero attached hydrogens (tertiary/aromatic N) is 1. The van der Waals surface area contributed by atoms with Gasteiger partial charge in [-0.3, -0.25) is 14.9 Å². The van der Waals surface area contributed by atoms with E-state index < -0.39 is 4.92 Å². The van der Waals surface area contributed by atoms with Crippen LogP contribution in [0.15, 0.2) is 36.4 Å². The van der Waals surface area contributed by atoms with Gasteiger partial charge >= 0.3 is 0 Å². The highest BCUT2D eigenvalue weighted by atomic mass is 16.6. The SMILES string of the molecule is Cc1ccc(NC(=O)c2ccc([N+](=O)[O-])c(C)c2)c(OCC2CCCO2)c1. The molecule has 1 amide bonds. The van der Waals surface area contributed by atoms with Crippen LogP contribution in [0.3, 0.4) is 0 Å². The van der Waals surface area contributed by atoms with Crippen LogP contribution in [0, 0.1) is 24.0 Å². The Morgan fingerprint density at radius 1 is 1.30 bits per heavy atom. The summed E-state index contributed by atoms with van der Waals surface area (Å²) in [5.74, 6) is 0.233. The zero-order valence-electron chi connectivity index (χ0n) is 15.4. The second-order valence-electron chi connectivity index (χ2n) is 6.66. The number of aryl methyl sites for hydroxylation is 2. The number of amides is 1. The predicted octanol–water partition coefficient (Wildman–Crippen LogP) is 4.02. The van der Waals surface area contributed by atoms with Crippen LogP contribution in [-0.4, -0.2) is 30.1 Å². The lowest BCUT2D eigenvalue weighted by Crippen LogP contribution is -2.18. The van der Waals surface area contributed by atoms with Gasteiger partial charge < -0.3 is 14.8 Å². The zero-order valence-corrected chi connectivity index (χ0v) is 15.4. The Hall–Kier alpha value is -2.93. The zero-order chi connectivity index (χ0) is 19.4. The van der Waals surface area contributed by atoms with E-state index in [1.165, 1.54) is 18.2 Å². The second-order valence-corrected chi connectivity index (χ2v) is 6.66. The molecular formula is C20H22N2O5. The molecular weight excluding hydrogens is 348 g/mol. The molecule has 0 radical (unpaired) electrons. The van der Waals surface area contributed by atoms with Crippen molar-refractivity contribution in [2.45, 2.75) is 32.8 Å². The predicted molar refractivity (Wildman–Crippen MR) is 101 cm³/mol. The molecule has 1 heterocycles. The number of nitrogens with one attached hydrogen (secondary N) is 1. The molecule has 0 aromatic heterocycles. The monoisotopic (exact) mass is 370 g/mol. The highest BCUT2D eigenvalue weighted by Crippen LogP contribution is 2.28. The summed E-state index contributed by atoms with van der Waals surface area (Å²) >= 11 is 0. The second kappa shape index (κ2) is 8.18. The van der Waals surface area contributed by atoms with E-state index in [0.717, 1.165) is 25.0 Å². The van der Waals surface area contributed by atoms with Gasteiger partial charge in [-0.25, -0.2) is 0 Å². The number of ether oxygens (including phenoxy) is 2. The molecule has 1 aliphatic heterocycles. The molecule has 1 aliphatic rings. The van der Waals surface area contributed by atoms with Gasteiger partial charge in [0.25, 0.3) is 11.6 Å². The summed E-state index contributed by atoms with van der Waals surface area (Å²) in [6.07, 6.45) is 2.08. The number of hydrogen-bond donors (Lipinski definition) is 1. The number of hydrogen-bond acceptors (Lipinski definition) is 5. The van der Waals surface area contributed by atoms with Crippen molar-refractivity contribution in [2.24, 2.45) is 0 Å². The molecule has 1 N–H and O–H groups in total. The minimum Gasteiger partial charge on any atom is -0.489 e. The maximum atomic E-state index is 12.6. The number of nitro benzene ring substituents is 1. The average Bonchev–Trinajstić information content (AvgIpc) is 3.15. The van der Waals surface area contributed by atoms with E-state index in [1.54, 1.807) is 13.0 Å². The number of benzene rings is 2. The molecule has 0 spiro atoms. The van der Waals surface area contributed by atoms with Crippen LogP contribution in [0.4, 0.5) is 11.4 Å². The Balaban J connectivity index is 1.75. The van der Waals surface area contributed by atoms with Gasteiger partial charge in [-0.05, 0) is 56.5 Å².